The van der Waals surface area contributed by atoms with Crippen LogP contribution in [0.25, 0.3) is 0 Å². The summed E-state index contributed by atoms with van der Waals surface area (Å²) in [5.74, 6) is -5.57. The lowest BCUT2D eigenvalue weighted by Crippen LogP contribution is -2.58. The third kappa shape index (κ3) is 10.2. The lowest BCUT2D eigenvalue weighted by molar-refractivity contribution is -0.143. The van der Waals surface area contributed by atoms with Crippen molar-refractivity contribution in [1.82, 2.24) is 25.9 Å². The van der Waals surface area contributed by atoms with Crippen molar-refractivity contribution in [3.63, 3.8) is 0 Å². The van der Waals surface area contributed by atoms with Crippen LogP contribution >= 0.6 is 0 Å². The number of nitrogens with one attached hydrogen (secondary N) is 4. The highest BCUT2D eigenvalue weighted by molar-refractivity contribution is 5.95. The second kappa shape index (κ2) is 15.0. The minimum atomic E-state index is -1.70. The van der Waals surface area contributed by atoms with E-state index in [1.54, 1.807) is 12.1 Å². The average molecular weight is 597 g/mol. The predicted octanol–water partition coefficient (Wildman–Crippen LogP) is -0.810. The number of H-pyrrole nitrogens is 1. The van der Waals surface area contributed by atoms with Crippen molar-refractivity contribution in [3.8, 4) is 11.5 Å². The van der Waals surface area contributed by atoms with Gasteiger partial charge in [0.1, 0.15) is 29.6 Å². The molecule has 3 aromatic rings. The van der Waals surface area contributed by atoms with Crippen molar-refractivity contribution in [1.29, 1.82) is 0 Å². The molecule has 0 spiro atoms. The Morgan fingerprint density at radius 1 is 0.721 bits per heavy atom. The van der Waals surface area contributed by atoms with Gasteiger partial charge in [0.05, 0.1) is 18.8 Å². The largest absolute Gasteiger partial charge is 0.508 e. The Bertz CT molecular complexity index is 1410. The first-order chi connectivity index (χ1) is 20.4. The van der Waals surface area contributed by atoms with Crippen LogP contribution < -0.4 is 21.7 Å². The lowest BCUT2D eigenvalue weighted by Gasteiger charge is -2.24. The molecule has 3 amide bonds. The number of carboxylic acids is 2. The summed E-state index contributed by atoms with van der Waals surface area (Å²) in [6.45, 7) is 0. The average Bonchev–Trinajstić information content (AvgIpc) is 3.47. The number of aromatic amines is 1. The maximum Gasteiger partial charge on any atom is 0.326 e. The number of rotatable bonds is 15. The van der Waals surface area contributed by atoms with E-state index in [1.165, 1.54) is 48.9 Å². The molecule has 0 saturated carbocycles. The molecule has 228 valence electrons. The van der Waals surface area contributed by atoms with Crippen LogP contribution in [0.2, 0.25) is 0 Å². The molecule has 4 unspecified atom stereocenters. The topological polar surface area (TPSA) is 257 Å². The summed E-state index contributed by atoms with van der Waals surface area (Å²) in [6, 6.07) is 6.03. The van der Waals surface area contributed by atoms with Gasteiger partial charge >= 0.3 is 11.9 Å². The third-order valence-corrected chi connectivity index (χ3v) is 6.34. The number of aliphatic carboxylic acids is 2. The van der Waals surface area contributed by atoms with Gasteiger partial charge in [-0.1, -0.05) is 24.3 Å². The van der Waals surface area contributed by atoms with E-state index in [-0.39, 0.29) is 30.8 Å². The standard InChI is InChI=1S/C28H32N6O9/c29-20(9-15-1-5-18(35)6-2-15)25(39)32-21(11-17-13-30-14-31-17)26(40)33-22(12-24(37)38)27(41)34-23(28(42)43)10-16-3-7-19(36)8-4-16/h1-8,13-14,20-23,35-36H,9-12,29H2,(H,30,31)(H,32,39)(H,33,40)(H,34,41)(H,37,38)(H,42,43). The molecule has 3 rings (SSSR count). The van der Waals surface area contributed by atoms with Gasteiger partial charge < -0.3 is 47.1 Å². The highest BCUT2D eigenvalue weighted by atomic mass is 16.4. The Hall–Kier alpha value is -5.44. The quantitative estimate of drug-likeness (QED) is 0.105. The summed E-state index contributed by atoms with van der Waals surface area (Å²) in [5, 5.41) is 45.0. The number of hydrogen-bond donors (Lipinski definition) is 9. The minimum Gasteiger partial charge on any atom is -0.508 e. The van der Waals surface area contributed by atoms with Crippen LogP contribution in [-0.2, 0) is 43.2 Å². The summed E-state index contributed by atoms with van der Waals surface area (Å²) in [5.41, 5.74) is 7.59. The van der Waals surface area contributed by atoms with Crippen LogP contribution in [-0.4, -0.2) is 84.2 Å². The number of amides is 3. The van der Waals surface area contributed by atoms with Gasteiger partial charge in [-0.3, -0.25) is 19.2 Å². The molecule has 0 radical (unpaired) electrons. The van der Waals surface area contributed by atoms with Crippen molar-refractivity contribution in [3.05, 3.63) is 77.9 Å². The molecule has 0 aliphatic rings. The molecule has 2 aromatic carbocycles. The Morgan fingerprint density at radius 3 is 1.74 bits per heavy atom. The number of phenols is 2. The van der Waals surface area contributed by atoms with Crippen LogP contribution in [0.15, 0.2) is 61.1 Å². The molecule has 1 heterocycles. The molecule has 0 fully saturated rings. The van der Waals surface area contributed by atoms with E-state index in [1.807, 2.05) is 0 Å². The Morgan fingerprint density at radius 2 is 1.23 bits per heavy atom. The van der Waals surface area contributed by atoms with Gasteiger partial charge in [0, 0.05) is 24.7 Å². The molecule has 4 atom stereocenters. The maximum atomic E-state index is 13.3. The summed E-state index contributed by atoms with van der Waals surface area (Å²) in [4.78, 5) is 69.3. The zero-order valence-electron chi connectivity index (χ0n) is 22.8. The molecule has 10 N–H and O–H groups in total. The van der Waals surface area contributed by atoms with Crippen molar-refractivity contribution in [2.24, 2.45) is 5.73 Å². The summed E-state index contributed by atoms with van der Waals surface area (Å²) >= 11 is 0. The van der Waals surface area contributed by atoms with E-state index in [0.29, 0.717) is 16.8 Å². The highest BCUT2D eigenvalue weighted by Crippen LogP contribution is 2.13. The number of carboxylic acid groups (broad SMARTS) is 2. The van der Waals surface area contributed by atoms with E-state index in [2.05, 4.69) is 25.9 Å². The fraction of sp³-hybridized carbons (Fsp3) is 0.286. The summed E-state index contributed by atoms with van der Waals surface area (Å²) in [6.07, 6.45) is 1.64. The van der Waals surface area contributed by atoms with Gasteiger partial charge in [-0.05, 0) is 41.8 Å². The first-order valence-electron chi connectivity index (χ1n) is 13.1. The van der Waals surface area contributed by atoms with Crippen molar-refractivity contribution >= 4 is 29.7 Å². The first-order valence-corrected chi connectivity index (χ1v) is 13.1. The molecule has 15 heteroatoms. The van der Waals surface area contributed by atoms with Crippen molar-refractivity contribution in [2.75, 3.05) is 0 Å². The molecule has 43 heavy (non-hydrogen) atoms. The van der Waals surface area contributed by atoms with E-state index in [9.17, 15) is 44.4 Å². The third-order valence-electron chi connectivity index (χ3n) is 6.34. The van der Waals surface area contributed by atoms with Crippen LogP contribution in [0.4, 0.5) is 0 Å². The number of carbonyl (C=O) groups is 5. The normalized spacial score (nSPS) is 13.6. The molecule has 15 nitrogen and oxygen atoms in total. The summed E-state index contributed by atoms with van der Waals surface area (Å²) in [7, 11) is 0. The molecular formula is C28H32N6O9. The van der Waals surface area contributed by atoms with E-state index in [0.717, 1.165) is 0 Å². The van der Waals surface area contributed by atoms with Gasteiger partial charge in [0.25, 0.3) is 0 Å². The molecule has 1 aromatic heterocycles. The number of phenolic OH excluding ortho intramolecular Hbond substituents is 2. The first kappa shape index (κ1) is 32.1. The van der Waals surface area contributed by atoms with Gasteiger partial charge in [-0.25, -0.2) is 9.78 Å². The number of benzene rings is 2. The molecular weight excluding hydrogens is 564 g/mol. The van der Waals surface area contributed by atoms with Crippen LogP contribution in [0.1, 0.15) is 23.2 Å². The predicted molar refractivity (Wildman–Crippen MR) is 150 cm³/mol. The molecule has 0 saturated heterocycles. The SMILES string of the molecule is NC(Cc1ccc(O)cc1)C(=O)NC(Cc1cnc[nH]1)C(=O)NC(CC(=O)O)C(=O)NC(Cc1ccc(O)cc1)C(=O)O. The number of carbonyl (C=O) groups excluding carboxylic acids is 3. The molecule has 0 aliphatic heterocycles. The van der Waals surface area contributed by atoms with Gasteiger partial charge in [-0.2, -0.15) is 0 Å². The van der Waals surface area contributed by atoms with Gasteiger partial charge in [-0.15, -0.1) is 0 Å². The lowest BCUT2D eigenvalue weighted by atomic mass is 10.0. The summed E-state index contributed by atoms with van der Waals surface area (Å²) < 4.78 is 0. The number of imidazole rings is 1. The van der Waals surface area contributed by atoms with E-state index < -0.39 is 60.2 Å². The zero-order valence-corrected chi connectivity index (χ0v) is 22.8. The highest BCUT2D eigenvalue weighted by Gasteiger charge is 2.32. The smallest absolute Gasteiger partial charge is 0.326 e. The van der Waals surface area contributed by atoms with Gasteiger partial charge in [0.2, 0.25) is 17.7 Å². The number of aromatic hydroxyl groups is 2. The molecule has 0 aliphatic carbocycles. The zero-order chi connectivity index (χ0) is 31.5. The van der Waals surface area contributed by atoms with Crippen molar-refractivity contribution < 1.29 is 44.4 Å². The number of aromatic nitrogens is 2. The Balaban J connectivity index is 1.74. The van der Waals surface area contributed by atoms with E-state index >= 15 is 0 Å². The van der Waals surface area contributed by atoms with Gasteiger partial charge in [0.15, 0.2) is 0 Å². The van der Waals surface area contributed by atoms with Crippen LogP contribution in [0, 0.1) is 0 Å². The monoisotopic (exact) mass is 596 g/mol. The Labute approximate surface area is 245 Å². The Kier molecular flexibility index (Phi) is 11.2. The number of nitrogens with zero attached hydrogens (tertiary/aromatic N) is 1. The fourth-order valence-corrected chi connectivity index (χ4v) is 4.08. The second-order valence-corrected chi connectivity index (χ2v) is 9.75. The number of nitrogens with two attached hydrogens (primary N) is 1. The molecule has 0 bridgehead atoms. The second-order valence-electron chi connectivity index (χ2n) is 9.75. The fourth-order valence-electron chi connectivity index (χ4n) is 4.08. The van der Waals surface area contributed by atoms with Crippen LogP contribution in [0.5, 0.6) is 11.5 Å². The van der Waals surface area contributed by atoms with Crippen molar-refractivity contribution in [2.45, 2.75) is 49.9 Å². The van der Waals surface area contributed by atoms with Crippen LogP contribution in [0.3, 0.4) is 0 Å². The maximum absolute atomic E-state index is 13.3. The minimum absolute atomic E-state index is 0.0352. The van der Waals surface area contributed by atoms with E-state index in [4.69, 9.17) is 5.73 Å². The number of hydrogen-bond acceptors (Lipinski definition) is 9.